The Morgan fingerprint density at radius 1 is 1.35 bits per heavy atom. The fourth-order valence-corrected chi connectivity index (χ4v) is 4.15. The predicted octanol–water partition coefficient (Wildman–Crippen LogP) is -0.201. The Balaban J connectivity index is 2.29. The molecule has 7 nitrogen and oxygen atoms in total. The highest BCUT2D eigenvalue weighted by Gasteiger charge is 2.23. The average Bonchev–Trinajstić information content (AvgIpc) is 2.39. The third-order valence-electron chi connectivity index (χ3n) is 4.19. The van der Waals surface area contributed by atoms with Crippen LogP contribution in [0.25, 0.3) is 0 Å². The van der Waals surface area contributed by atoms with Crippen LogP contribution >= 0.6 is 0 Å². The van der Waals surface area contributed by atoms with Gasteiger partial charge in [-0.05, 0) is 34.2 Å². The minimum atomic E-state index is -3.19. The number of likely N-dealkylation sites (N-methyl/N-ethyl adjacent to an activating group) is 1. The first-order chi connectivity index (χ1) is 10.6. The molecule has 8 heteroatoms. The molecule has 0 aliphatic carbocycles. The van der Waals surface area contributed by atoms with E-state index in [0.29, 0.717) is 32.1 Å². The lowest BCUT2D eigenvalue weighted by molar-refractivity contribution is -0.123. The van der Waals surface area contributed by atoms with Crippen molar-refractivity contribution in [2.24, 2.45) is 0 Å². The van der Waals surface area contributed by atoms with Crippen molar-refractivity contribution in [1.29, 1.82) is 0 Å². The highest BCUT2D eigenvalue weighted by Crippen LogP contribution is 2.07. The van der Waals surface area contributed by atoms with Crippen LogP contribution in [0.15, 0.2) is 0 Å². The second-order valence-corrected chi connectivity index (χ2v) is 8.69. The molecule has 1 fully saturated rings. The van der Waals surface area contributed by atoms with Gasteiger partial charge in [-0.1, -0.05) is 0 Å². The van der Waals surface area contributed by atoms with Crippen LogP contribution in [-0.4, -0.2) is 93.1 Å². The topological polar surface area (TPSA) is 73.0 Å². The molecule has 0 spiro atoms. The van der Waals surface area contributed by atoms with E-state index in [2.05, 4.69) is 29.1 Å². The SMILES string of the molecule is CC1CN(C)CCN1CC(=O)NCCCN(C(C)C)S(C)(=O)=O. The zero-order chi connectivity index (χ0) is 17.6. The first kappa shape index (κ1) is 20.3. The minimum Gasteiger partial charge on any atom is -0.355 e. The lowest BCUT2D eigenvalue weighted by Gasteiger charge is -2.37. The average molecular weight is 349 g/mol. The van der Waals surface area contributed by atoms with Crippen molar-refractivity contribution in [3.63, 3.8) is 0 Å². The van der Waals surface area contributed by atoms with Crippen LogP contribution in [0, 0.1) is 0 Å². The zero-order valence-corrected chi connectivity index (χ0v) is 15.9. The third kappa shape index (κ3) is 7.15. The Morgan fingerprint density at radius 2 is 2.00 bits per heavy atom. The van der Waals surface area contributed by atoms with Gasteiger partial charge in [-0.3, -0.25) is 9.69 Å². The van der Waals surface area contributed by atoms with Crippen LogP contribution in [0.2, 0.25) is 0 Å². The second-order valence-electron chi connectivity index (χ2n) is 6.75. The van der Waals surface area contributed by atoms with Crippen molar-refractivity contribution < 1.29 is 13.2 Å². The molecule has 1 saturated heterocycles. The third-order valence-corrected chi connectivity index (χ3v) is 5.65. The molecule has 0 aromatic carbocycles. The van der Waals surface area contributed by atoms with E-state index in [9.17, 15) is 13.2 Å². The van der Waals surface area contributed by atoms with Gasteiger partial charge in [0.15, 0.2) is 0 Å². The molecule has 1 heterocycles. The summed E-state index contributed by atoms with van der Waals surface area (Å²) in [6, 6.07) is 0.313. The smallest absolute Gasteiger partial charge is 0.234 e. The largest absolute Gasteiger partial charge is 0.355 e. The molecule has 0 bridgehead atoms. The van der Waals surface area contributed by atoms with Gasteiger partial charge in [-0.25, -0.2) is 8.42 Å². The van der Waals surface area contributed by atoms with Gasteiger partial charge in [-0.15, -0.1) is 0 Å². The summed E-state index contributed by atoms with van der Waals surface area (Å²) >= 11 is 0. The van der Waals surface area contributed by atoms with Gasteiger partial charge in [0.2, 0.25) is 15.9 Å². The molecule has 1 aliphatic heterocycles. The van der Waals surface area contributed by atoms with Crippen molar-refractivity contribution in [2.75, 3.05) is 52.6 Å². The molecule has 1 unspecified atom stereocenters. The second kappa shape index (κ2) is 8.96. The molecule has 23 heavy (non-hydrogen) atoms. The number of rotatable bonds is 8. The van der Waals surface area contributed by atoms with Crippen LogP contribution in [0.4, 0.5) is 0 Å². The van der Waals surface area contributed by atoms with Crippen molar-refractivity contribution in [3.8, 4) is 0 Å². The minimum absolute atomic E-state index is 0.0110. The summed E-state index contributed by atoms with van der Waals surface area (Å²) in [6.45, 7) is 10.1. The first-order valence-electron chi connectivity index (χ1n) is 8.27. The summed E-state index contributed by atoms with van der Waals surface area (Å²) < 4.78 is 24.8. The normalized spacial score (nSPS) is 21.1. The van der Waals surface area contributed by atoms with E-state index in [-0.39, 0.29) is 11.9 Å². The number of sulfonamides is 1. The number of carbonyl (C=O) groups is 1. The molecule has 0 aromatic heterocycles. The molecular formula is C15H32N4O3S. The molecular weight excluding hydrogens is 316 g/mol. The predicted molar refractivity (Wildman–Crippen MR) is 92.8 cm³/mol. The Morgan fingerprint density at radius 3 is 2.52 bits per heavy atom. The van der Waals surface area contributed by atoms with E-state index in [0.717, 1.165) is 19.6 Å². The van der Waals surface area contributed by atoms with E-state index >= 15 is 0 Å². The van der Waals surface area contributed by atoms with E-state index in [4.69, 9.17) is 0 Å². The fourth-order valence-electron chi connectivity index (χ4n) is 2.92. The van der Waals surface area contributed by atoms with Crippen LogP contribution in [0.5, 0.6) is 0 Å². The number of amides is 1. The number of hydrogen-bond donors (Lipinski definition) is 1. The van der Waals surface area contributed by atoms with Gasteiger partial charge < -0.3 is 10.2 Å². The lowest BCUT2D eigenvalue weighted by atomic mass is 10.2. The van der Waals surface area contributed by atoms with E-state index in [1.54, 1.807) is 0 Å². The monoisotopic (exact) mass is 348 g/mol. The van der Waals surface area contributed by atoms with Gasteiger partial charge >= 0.3 is 0 Å². The van der Waals surface area contributed by atoms with Crippen LogP contribution in [-0.2, 0) is 14.8 Å². The molecule has 1 atom stereocenters. The van der Waals surface area contributed by atoms with Crippen LogP contribution < -0.4 is 5.32 Å². The highest BCUT2D eigenvalue weighted by molar-refractivity contribution is 7.88. The van der Waals surface area contributed by atoms with Gasteiger partial charge in [0.25, 0.3) is 0 Å². The lowest BCUT2D eigenvalue weighted by Crippen LogP contribution is -2.53. The first-order valence-corrected chi connectivity index (χ1v) is 10.1. The Kier molecular flexibility index (Phi) is 7.93. The van der Waals surface area contributed by atoms with Crippen molar-refractivity contribution in [1.82, 2.24) is 19.4 Å². The molecule has 136 valence electrons. The maximum absolute atomic E-state index is 12.0. The number of hydrogen-bond acceptors (Lipinski definition) is 5. The van der Waals surface area contributed by atoms with Gasteiger partial charge in [0.05, 0.1) is 12.8 Å². The molecule has 1 rings (SSSR count). The number of piperazine rings is 1. The van der Waals surface area contributed by atoms with Gasteiger partial charge in [-0.2, -0.15) is 4.31 Å². The zero-order valence-electron chi connectivity index (χ0n) is 15.1. The van der Waals surface area contributed by atoms with Crippen molar-refractivity contribution >= 4 is 15.9 Å². The summed E-state index contributed by atoms with van der Waals surface area (Å²) in [4.78, 5) is 16.5. The number of carbonyl (C=O) groups excluding carboxylic acids is 1. The Bertz CT molecular complexity index is 481. The molecule has 1 amide bonds. The maximum Gasteiger partial charge on any atom is 0.234 e. The van der Waals surface area contributed by atoms with Crippen LogP contribution in [0.1, 0.15) is 27.2 Å². The summed E-state index contributed by atoms with van der Waals surface area (Å²) in [5, 5.41) is 2.89. The summed E-state index contributed by atoms with van der Waals surface area (Å²) in [6.07, 6.45) is 1.84. The maximum atomic E-state index is 12.0. The van der Waals surface area contributed by atoms with E-state index in [1.807, 2.05) is 13.8 Å². The molecule has 0 saturated carbocycles. The molecule has 1 aliphatic rings. The quantitative estimate of drug-likeness (QED) is 0.615. The van der Waals surface area contributed by atoms with Gasteiger partial charge in [0, 0.05) is 44.8 Å². The van der Waals surface area contributed by atoms with Crippen LogP contribution in [0.3, 0.4) is 0 Å². The molecule has 1 N–H and O–H groups in total. The number of nitrogens with one attached hydrogen (secondary N) is 1. The van der Waals surface area contributed by atoms with Crippen molar-refractivity contribution in [2.45, 2.75) is 39.3 Å². The highest BCUT2D eigenvalue weighted by atomic mass is 32.2. The summed E-state index contributed by atoms with van der Waals surface area (Å²) in [7, 11) is -1.10. The van der Waals surface area contributed by atoms with Crippen molar-refractivity contribution in [3.05, 3.63) is 0 Å². The Hall–Kier alpha value is -0.700. The number of nitrogens with zero attached hydrogens (tertiary/aromatic N) is 3. The summed E-state index contributed by atoms with van der Waals surface area (Å²) in [5.74, 6) is 0.0110. The standard InChI is InChI=1S/C15H32N4O3S/c1-13(2)19(23(5,21)22)8-6-7-16-15(20)12-18-10-9-17(4)11-14(18)3/h13-14H,6-12H2,1-5H3,(H,16,20). The molecule has 0 radical (unpaired) electrons. The molecule has 0 aromatic rings. The fraction of sp³-hybridized carbons (Fsp3) is 0.933. The van der Waals surface area contributed by atoms with Gasteiger partial charge in [0.1, 0.15) is 0 Å². The summed E-state index contributed by atoms with van der Waals surface area (Å²) in [5.41, 5.74) is 0. The van der Waals surface area contributed by atoms with E-state index < -0.39 is 10.0 Å². The Labute approximate surface area is 141 Å². The van der Waals surface area contributed by atoms with E-state index in [1.165, 1.54) is 10.6 Å².